The number of hydrogen-bond donors (Lipinski definition) is 2. The number of amides is 2. The van der Waals surface area contributed by atoms with Crippen molar-refractivity contribution in [1.29, 1.82) is 0 Å². The maximum atomic E-state index is 13.1. The highest BCUT2D eigenvalue weighted by molar-refractivity contribution is 6.10. The van der Waals surface area contributed by atoms with E-state index in [0.29, 0.717) is 11.3 Å². The Labute approximate surface area is 144 Å². The highest BCUT2D eigenvalue weighted by Gasteiger charge is 2.30. The number of aliphatic hydroxyl groups is 1. The molecular weight excluding hydrogens is 323 g/mol. The van der Waals surface area contributed by atoms with Crippen molar-refractivity contribution in [1.82, 2.24) is 5.32 Å². The number of halogens is 1. The van der Waals surface area contributed by atoms with E-state index in [4.69, 9.17) is 0 Å². The molecule has 2 aromatic rings. The maximum absolute atomic E-state index is 13.1. The standard InChI is InChI=1S/C19H17FN2O3/c1-21-19(25)15-10-17(23)22(11-12-6-8-13(20)9-7-12)16-5-3-2-4-14(16)18(15)24/h2-9,24H,10-11H2,1H3,(H,21,25). The van der Waals surface area contributed by atoms with E-state index in [0.717, 1.165) is 5.56 Å². The Hall–Kier alpha value is -3.15. The molecule has 0 radical (unpaired) electrons. The lowest BCUT2D eigenvalue weighted by molar-refractivity contribution is -0.121. The van der Waals surface area contributed by atoms with E-state index in [2.05, 4.69) is 5.32 Å². The summed E-state index contributed by atoms with van der Waals surface area (Å²) in [5.74, 6) is -1.37. The first kappa shape index (κ1) is 16.7. The van der Waals surface area contributed by atoms with Gasteiger partial charge in [0.05, 0.1) is 24.2 Å². The number of rotatable bonds is 3. The fourth-order valence-electron chi connectivity index (χ4n) is 2.82. The normalized spacial score (nSPS) is 14.2. The molecule has 0 aromatic heterocycles. The summed E-state index contributed by atoms with van der Waals surface area (Å²) in [7, 11) is 1.44. The first-order valence-electron chi connectivity index (χ1n) is 7.79. The van der Waals surface area contributed by atoms with Gasteiger partial charge in [-0.1, -0.05) is 24.3 Å². The number of likely N-dealkylation sites (N-methyl/N-ethyl adjacent to an activating group) is 1. The van der Waals surface area contributed by atoms with Gasteiger partial charge >= 0.3 is 0 Å². The molecule has 6 heteroatoms. The number of aliphatic hydroxyl groups excluding tert-OH is 1. The minimum atomic E-state index is -0.496. The summed E-state index contributed by atoms with van der Waals surface area (Å²) in [4.78, 5) is 26.3. The van der Waals surface area contributed by atoms with Gasteiger partial charge in [0.2, 0.25) is 5.91 Å². The van der Waals surface area contributed by atoms with Crippen molar-refractivity contribution in [2.75, 3.05) is 11.9 Å². The number of carbonyl (C=O) groups is 2. The summed E-state index contributed by atoms with van der Waals surface area (Å²) < 4.78 is 13.1. The van der Waals surface area contributed by atoms with Gasteiger partial charge in [-0.3, -0.25) is 9.59 Å². The molecule has 0 saturated carbocycles. The van der Waals surface area contributed by atoms with Crippen molar-refractivity contribution in [2.45, 2.75) is 13.0 Å². The smallest absolute Gasteiger partial charge is 0.251 e. The highest BCUT2D eigenvalue weighted by atomic mass is 19.1. The Morgan fingerprint density at radius 3 is 2.56 bits per heavy atom. The van der Waals surface area contributed by atoms with Crippen molar-refractivity contribution in [3.05, 3.63) is 71.0 Å². The summed E-state index contributed by atoms with van der Waals surface area (Å²) in [5, 5.41) is 13.0. The van der Waals surface area contributed by atoms with E-state index < -0.39 is 5.91 Å². The molecule has 0 saturated heterocycles. The zero-order chi connectivity index (χ0) is 18.0. The average molecular weight is 340 g/mol. The monoisotopic (exact) mass is 340 g/mol. The number of fused-ring (bicyclic) bond motifs is 1. The molecule has 128 valence electrons. The van der Waals surface area contributed by atoms with Gasteiger partial charge < -0.3 is 15.3 Å². The number of para-hydroxylation sites is 1. The van der Waals surface area contributed by atoms with Crippen LogP contribution in [0.1, 0.15) is 17.5 Å². The lowest BCUT2D eigenvalue weighted by Crippen LogP contribution is -2.31. The second kappa shape index (κ2) is 6.76. The number of hydrogen-bond acceptors (Lipinski definition) is 3. The largest absolute Gasteiger partial charge is 0.507 e. The lowest BCUT2D eigenvalue weighted by atomic mass is 10.1. The number of carbonyl (C=O) groups excluding carboxylic acids is 2. The Balaban J connectivity index is 2.05. The van der Waals surface area contributed by atoms with Crippen LogP contribution in [0.4, 0.5) is 10.1 Å². The van der Waals surface area contributed by atoms with Crippen LogP contribution in [-0.4, -0.2) is 24.0 Å². The van der Waals surface area contributed by atoms with Crippen molar-refractivity contribution in [3.8, 4) is 0 Å². The van der Waals surface area contributed by atoms with Gasteiger partial charge in [0.15, 0.2) is 0 Å². The molecule has 2 N–H and O–H groups in total. The predicted octanol–water partition coefficient (Wildman–Crippen LogP) is 2.78. The molecule has 0 aliphatic carbocycles. The van der Waals surface area contributed by atoms with Crippen LogP contribution in [0.3, 0.4) is 0 Å². The van der Waals surface area contributed by atoms with Crippen molar-refractivity contribution in [3.63, 3.8) is 0 Å². The van der Waals surface area contributed by atoms with Gasteiger partial charge in [-0.15, -0.1) is 0 Å². The molecule has 0 bridgehead atoms. The molecule has 0 fully saturated rings. The fraction of sp³-hybridized carbons (Fsp3) is 0.158. The molecule has 3 rings (SSSR count). The number of nitrogens with zero attached hydrogens (tertiary/aromatic N) is 1. The Morgan fingerprint density at radius 1 is 1.20 bits per heavy atom. The van der Waals surface area contributed by atoms with Crippen LogP contribution in [0.5, 0.6) is 0 Å². The quantitative estimate of drug-likeness (QED) is 0.903. The van der Waals surface area contributed by atoms with E-state index in [-0.39, 0.29) is 36.0 Å². The minimum Gasteiger partial charge on any atom is -0.507 e. The first-order valence-corrected chi connectivity index (χ1v) is 7.79. The SMILES string of the molecule is CNC(=O)C1=C(O)c2ccccc2N(Cc2ccc(F)cc2)C(=O)C1. The Morgan fingerprint density at radius 2 is 1.88 bits per heavy atom. The second-order valence-corrected chi connectivity index (χ2v) is 5.71. The van der Waals surface area contributed by atoms with Crippen LogP contribution < -0.4 is 10.2 Å². The first-order chi connectivity index (χ1) is 12.0. The molecule has 2 amide bonds. The third-order valence-electron chi connectivity index (χ3n) is 4.12. The second-order valence-electron chi connectivity index (χ2n) is 5.71. The van der Waals surface area contributed by atoms with Crippen LogP contribution in [0.2, 0.25) is 0 Å². The molecule has 0 unspecified atom stereocenters. The molecule has 2 aromatic carbocycles. The van der Waals surface area contributed by atoms with Crippen molar-refractivity contribution in [2.24, 2.45) is 0 Å². The van der Waals surface area contributed by atoms with Crippen LogP contribution in [0, 0.1) is 5.82 Å². The van der Waals surface area contributed by atoms with Gasteiger partial charge in [0, 0.05) is 12.6 Å². The molecular formula is C19H17FN2O3. The molecule has 0 atom stereocenters. The molecule has 1 aliphatic rings. The van der Waals surface area contributed by atoms with Crippen molar-refractivity contribution >= 4 is 23.3 Å². The molecule has 1 heterocycles. The summed E-state index contributed by atoms with van der Waals surface area (Å²) in [6.45, 7) is 0.213. The van der Waals surface area contributed by atoms with Gasteiger partial charge in [0.1, 0.15) is 11.6 Å². The summed E-state index contributed by atoms with van der Waals surface area (Å²) >= 11 is 0. The van der Waals surface area contributed by atoms with E-state index in [9.17, 15) is 19.1 Å². The predicted molar refractivity (Wildman–Crippen MR) is 92.3 cm³/mol. The van der Waals surface area contributed by atoms with Crippen LogP contribution in [0.15, 0.2) is 54.1 Å². The van der Waals surface area contributed by atoms with E-state index in [1.807, 2.05) is 0 Å². The molecule has 5 nitrogen and oxygen atoms in total. The van der Waals surface area contributed by atoms with Crippen molar-refractivity contribution < 1.29 is 19.1 Å². The minimum absolute atomic E-state index is 0.0292. The fourth-order valence-corrected chi connectivity index (χ4v) is 2.82. The van der Waals surface area contributed by atoms with E-state index in [1.165, 1.54) is 24.1 Å². The van der Waals surface area contributed by atoms with Gasteiger partial charge in [-0.2, -0.15) is 0 Å². The maximum Gasteiger partial charge on any atom is 0.251 e. The van der Waals surface area contributed by atoms with Crippen LogP contribution in [0.25, 0.3) is 5.76 Å². The van der Waals surface area contributed by atoms with E-state index >= 15 is 0 Å². The van der Waals surface area contributed by atoms with Crippen LogP contribution >= 0.6 is 0 Å². The lowest BCUT2D eigenvalue weighted by Gasteiger charge is -2.23. The summed E-state index contributed by atoms with van der Waals surface area (Å²) in [6, 6.07) is 12.7. The third-order valence-corrected chi connectivity index (χ3v) is 4.12. The van der Waals surface area contributed by atoms with Gasteiger partial charge in [0.25, 0.3) is 5.91 Å². The Kier molecular flexibility index (Phi) is 4.52. The highest BCUT2D eigenvalue weighted by Crippen LogP contribution is 2.34. The zero-order valence-electron chi connectivity index (χ0n) is 13.6. The summed E-state index contributed by atoms with van der Waals surface area (Å²) in [5.41, 5.74) is 1.69. The summed E-state index contributed by atoms with van der Waals surface area (Å²) in [6.07, 6.45) is -0.221. The Bertz CT molecular complexity index is 859. The van der Waals surface area contributed by atoms with Gasteiger partial charge in [-0.05, 0) is 29.8 Å². The molecule has 25 heavy (non-hydrogen) atoms. The number of nitrogens with one attached hydrogen (secondary N) is 1. The molecule has 1 aliphatic heterocycles. The van der Waals surface area contributed by atoms with E-state index in [1.54, 1.807) is 36.4 Å². The average Bonchev–Trinajstić information content (AvgIpc) is 2.73. The van der Waals surface area contributed by atoms with Crippen LogP contribution in [-0.2, 0) is 16.1 Å². The number of benzene rings is 2. The zero-order valence-corrected chi connectivity index (χ0v) is 13.6. The third kappa shape index (κ3) is 3.24. The number of anilines is 1. The topological polar surface area (TPSA) is 69.6 Å². The van der Waals surface area contributed by atoms with Gasteiger partial charge in [-0.25, -0.2) is 4.39 Å². The molecule has 0 spiro atoms.